The molecule has 1 amide bonds. The molecule has 0 aliphatic carbocycles. The molecule has 0 heterocycles. The minimum atomic E-state index is -1.03. The molecule has 0 radical (unpaired) electrons. The minimum Gasteiger partial charge on any atom is -0.465 e. The fraction of sp³-hybridized carbons (Fsp3) is 0.0714. The van der Waals surface area contributed by atoms with E-state index in [1.807, 2.05) is 42.5 Å². The van der Waals surface area contributed by atoms with Gasteiger partial charge in [-0.05, 0) is 29.8 Å². The predicted octanol–water partition coefficient (Wildman–Crippen LogP) is 3.87. The molecule has 0 atom stereocenters. The van der Waals surface area contributed by atoms with Gasteiger partial charge in [0.05, 0.1) is 11.4 Å². The first-order valence-electron chi connectivity index (χ1n) is 5.76. The maximum Gasteiger partial charge on any atom is 0.404 e. The van der Waals surface area contributed by atoms with Crippen molar-refractivity contribution in [1.82, 2.24) is 5.32 Å². The van der Waals surface area contributed by atoms with E-state index in [1.165, 1.54) is 0 Å². The van der Waals surface area contributed by atoms with Crippen molar-refractivity contribution in [2.24, 2.45) is 10.2 Å². The third-order valence-corrected chi connectivity index (χ3v) is 2.42. The van der Waals surface area contributed by atoms with Crippen molar-refractivity contribution in [2.45, 2.75) is 6.54 Å². The number of nitrogens with zero attached hydrogens (tertiary/aromatic N) is 2. The van der Waals surface area contributed by atoms with Crippen LogP contribution in [-0.2, 0) is 6.54 Å². The number of rotatable bonds is 4. The standard InChI is InChI=1S/C14H13N3O2/c18-14(19)15-10-11-6-8-13(9-7-11)17-16-12-4-2-1-3-5-12/h1-9,15H,10H2,(H,18,19)/b17-16+. The van der Waals surface area contributed by atoms with Crippen LogP contribution < -0.4 is 5.32 Å². The highest BCUT2D eigenvalue weighted by molar-refractivity contribution is 5.64. The summed E-state index contributed by atoms with van der Waals surface area (Å²) in [7, 11) is 0. The first kappa shape index (κ1) is 12.8. The van der Waals surface area contributed by atoms with Gasteiger partial charge in [0.1, 0.15) is 0 Å². The van der Waals surface area contributed by atoms with Gasteiger partial charge in [-0.2, -0.15) is 10.2 Å². The fourth-order valence-corrected chi connectivity index (χ4v) is 1.47. The Hall–Kier alpha value is -2.69. The molecule has 2 N–H and O–H groups in total. The highest BCUT2D eigenvalue weighted by atomic mass is 16.4. The van der Waals surface area contributed by atoms with Gasteiger partial charge in [-0.3, -0.25) is 0 Å². The third kappa shape index (κ3) is 4.23. The summed E-state index contributed by atoms with van der Waals surface area (Å²) in [4.78, 5) is 10.4. The van der Waals surface area contributed by atoms with Crippen molar-refractivity contribution in [3.05, 3.63) is 60.2 Å². The minimum absolute atomic E-state index is 0.283. The van der Waals surface area contributed by atoms with E-state index in [0.29, 0.717) is 0 Å². The van der Waals surface area contributed by atoms with Crippen molar-refractivity contribution in [1.29, 1.82) is 0 Å². The van der Waals surface area contributed by atoms with Crippen LogP contribution in [0.3, 0.4) is 0 Å². The zero-order chi connectivity index (χ0) is 13.5. The van der Waals surface area contributed by atoms with Gasteiger partial charge in [-0.15, -0.1) is 0 Å². The summed E-state index contributed by atoms with van der Waals surface area (Å²) < 4.78 is 0. The average Bonchev–Trinajstić information content (AvgIpc) is 2.45. The summed E-state index contributed by atoms with van der Waals surface area (Å²) in [6.45, 7) is 0.283. The Morgan fingerprint density at radius 1 is 0.947 bits per heavy atom. The van der Waals surface area contributed by atoms with Gasteiger partial charge in [0.25, 0.3) is 0 Å². The summed E-state index contributed by atoms with van der Waals surface area (Å²) >= 11 is 0. The molecule has 0 spiro atoms. The van der Waals surface area contributed by atoms with Crippen LogP contribution in [0.1, 0.15) is 5.56 Å². The van der Waals surface area contributed by atoms with Gasteiger partial charge in [-0.1, -0.05) is 30.3 Å². The van der Waals surface area contributed by atoms with Gasteiger partial charge in [0, 0.05) is 6.54 Å². The van der Waals surface area contributed by atoms with E-state index in [0.717, 1.165) is 16.9 Å². The molecule has 0 fully saturated rings. The van der Waals surface area contributed by atoms with Crippen molar-refractivity contribution in [3.8, 4) is 0 Å². The molecule has 96 valence electrons. The molecule has 0 aliphatic heterocycles. The Kier molecular flexibility index (Phi) is 4.23. The van der Waals surface area contributed by atoms with Gasteiger partial charge in [0.2, 0.25) is 0 Å². The molecule has 0 bridgehead atoms. The number of carboxylic acid groups (broad SMARTS) is 1. The zero-order valence-corrected chi connectivity index (χ0v) is 10.2. The van der Waals surface area contributed by atoms with E-state index in [-0.39, 0.29) is 6.54 Å². The molecule has 2 rings (SSSR count). The van der Waals surface area contributed by atoms with E-state index in [9.17, 15) is 4.79 Å². The Balaban J connectivity index is 1.99. The lowest BCUT2D eigenvalue weighted by Crippen LogP contribution is -2.19. The molecule has 5 heteroatoms. The summed E-state index contributed by atoms with van der Waals surface area (Å²) in [5, 5.41) is 19.0. The smallest absolute Gasteiger partial charge is 0.404 e. The quantitative estimate of drug-likeness (QED) is 0.814. The predicted molar refractivity (Wildman–Crippen MR) is 71.9 cm³/mol. The van der Waals surface area contributed by atoms with E-state index in [1.54, 1.807) is 12.1 Å². The second-order valence-electron chi connectivity index (χ2n) is 3.86. The molecule has 0 saturated heterocycles. The zero-order valence-electron chi connectivity index (χ0n) is 10.2. The van der Waals surface area contributed by atoms with Crippen LogP contribution in [0.4, 0.5) is 16.2 Å². The van der Waals surface area contributed by atoms with Crippen molar-refractivity contribution in [2.75, 3.05) is 0 Å². The van der Waals surface area contributed by atoms with Crippen LogP contribution in [0.5, 0.6) is 0 Å². The number of benzene rings is 2. The first-order chi connectivity index (χ1) is 9.24. The number of nitrogens with one attached hydrogen (secondary N) is 1. The van der Waals surface area contributed by atoms with Crippen molar-refractivity contribution < 1.29 is 9.90 Å². The Morgan fingerprint density at radius 2 is 1.53 bits per heavy atom. The Labute approximate surface area is 110 Å². The maximum atomic E-state index is 10.4. The molecule has 5 nitrogen and oxygen atoms in total. The summed E-state index contributed by atoms with van der Waals surface area (Å²) in [5.41, 5.74) is 2.39. The number of amides is 1. The van der Waals surface area contributed by atoms with Crippen LogP contribution in [0.25, 0.3) is 0 Å². The molecular formula is C14H13N3O2. The van der Waals surface area contributed by atoms with Gasteiger partial charge < -0.3 is 10.4 Å². The third-order valence-electron chi connectivity index (χ3n) is 2.42. The molecular weight excluding hydrogens is 242 g/mol. The summed E-state index contributed by atoms with van der Waals surface area (Å²) in [6.07, 6.45) is -1.03. The SMILES string of the molecule is O=C(O)NCc1ccc(/N=N/c2ccccc2)cc1. The van der Waals surface area contributed by atoms with Crippen LogP contribution in [0.15, 0.2) is 64.8 Å². The van der Waals surface area contributed by atoms with Crippen LogP contribution in [0.2, 0.25) is 0 Å². The topological polar surface area (TPSA) is 74.0 Å². The van der Waals surface area contributed by atoms with Crippen LogP contribution in [0, 0.1) is 0 Å². The highest BCUT2D eigenvalue weighted by Crippen LogP contribution is 2.18. The Bertz CT molecular complexity index is 565. The van der Waals surface area contributed by atoms with E-state index >= 15 is 0 Å². The number of hydrogen-bond acceptors (Lipinski definition) is 3. The fourth-order valence-electron chi connectivity index (χ4n) is 1.47. The molecule has 0 unspecified atom stereocenters. The molecule has 2 aromatic carbocycles. The average molecular weight is 255 g/mol. The lowest BCUT2D eigenvalue weighted by atomic mass is 10.2. The van der Waals surface area contributed by atoms with E-state index in [4.69, 9.17) is 5.11 Å². The molecule has 0 saturated carbocycles. The molecule has 0 aromatic heterocycles. The van der Waals surface area contributed by atoms with Crippen molar-refractivity contribution >= 4 is 17.5 Å². The monoisotopic (exact) mass is 255 g/mol. The normalized spacial score (nSPS) is 10.5. The van der Waals surface area contributed by atoms with E-state index < -0.39 is 6.09 Å². The number of azo groups is 1. The van der Waals surface area contributed by atoms with Crippen LogP contribution in [-0.4, -0.2) is 11.2 Å². The maximum absolute atomic E-state index is 10.4. The highest BCUT2D eigenvalue weighted by Gasteiger charge is 1.96. The van der Waals surface area contributed by atoms with Gasteiger partial charge in [0.15, 0.2) is 0 Å². The lowest BCUT2D eigenvalue weighted by Gasteiger charge is -2.01. The molecule has 19 heavy (non-hydrogen) atoms. The largest absolute Gasteiger partial charge is 0.465 e. The van der Waals surface area contributed by atoms with Gasteiger partial charge >= 0.3 is 6.09 Å². The van der Waals surface area contributed by atoms with E-state index in [2.05, 4.69) is 15.5 Å². The summed E-state index contributed by atoms with van der Waals surface area (Å²) in [6, 6.07) is 16.7. The summed E-state index contributed by atoms with van der Waals surface area (Å²) in [5.74, 6) is 0. The van der Waals surface area contributed by atoms with Crippen molar-refractivity contribution in [3.63, 3.8) is 0 Å². The number of carbonyl (C=O) groups is 1. The van der Waals surface area contributed by atoms with Crippen LogP contribution >= 0.6 is 0 Å². The lowest BCUT2D eigenvalue weighted by molar-refractivity contribution is 0.194. The molecule has 0 aliphatic rings. The van der Waals surface area contributed by atoms with Gasteiger partial charge in [-0.25, -0.2) is 4.79 Å². The second-order valence-corrected chi connectivity index (χ2v) is 3.86. The first-order valence-corrected chi connectivity index (χ1v) is 5.76. The number of hydrogen-bond donors (Lipinski definition) is 2. The Morgan fingerprint density at radius 3 is 2.11 bits per heavy atom. The molecule has 2 aromatic rings. The second kappa shape index (κ2) is 6.30.